The van der Waals surface area contributed by atoms with Crippen molar-refractivity contribution in [3.8, 4) is 11.5 Å². The van der Waals surface area contributed by atoms with Crippen molar-refractivity contribution in [2.24, 2.45) is 0 Å². The van der Waals surface area contributed by atoms with Crippen LogP contribution in [0.3, 0.4) is 0 Å². The molecular weight excluding hydrogens is 364 g/mol. The van der Waals surface area contributed by atoms with E-state index in [0.717, 1.165) is 17.7 Å². The predicted molar refractivity (Wildman–Crippen MR) is 102 cm³/mol. The number of nitrogens with one attached hydrogen (secondary N) is 1. The number of carbonyl (C=O) groups excluding carboxylic acids is 1. The van der Waals surface area contributed by atoms with E-state index in [1.165, 1.54) is 6.92 Å². The van der Waals surface area contributed by atoms with E-state index in [1.807, 2.05) is 30.3 Å². The summed E-state index contributed by atoms with van der Waals surface area (Å²) in [6, 6.07) is 19.6. The van der Waals surface area contributed by atoms with Crippen LogP contribution < -0.4 is 14.8 Å². The fraction of sp³-hybridized carbons (Fsp3) is 0.136. The Morgan fingerprint density at radius 3 is 2.32 bits per heavy atom. The van der Waals surface area contributed by atoms with E-state index in [-0.39, 0.29) is 5.69 Å². The van der Waals surface area contributed by atoms with Crippen LogP contribution in [0, 0.1) is 11.6 Å². The summed E-state index contributed by atoms with van der Waals surface area (Å²) in [6.07, 6.45) is -0.874. The number of halogens is 2. The fourth-order valence-corrected chi connectivity index (χ4v) is 2.44. The molecule has 0 fully saturated rings. The van der Waals surface area contributed by atoms with Gasteiger partial charge in [-0.15, -0.1) is 0 Å². The van der Waals surface area contributed by atoms with Gasteiger partial charge in [0.05, 0.1) is 5.69 Å². The van der Waals surface area contributed by atoms with E-state index >= 15 is 0 Å². The smallest absolute Gasteiger partial charge is 0.265 e. The number of rotatable bonds is 7. The number of amides is 1. The molecule has 3 aromatic carbocycles. The van der Waals surface area contributed by atoms with Gasteiger partial charge in [0.2, 0.25) is 0 Å². The highest BCUT2D eigenvalue weighted by Crippen LogP contribution is 2.21. The predicted octanol–water partition coefficient (Wildman–Crippen LogP) is 4.95. The molecule has 1 atom stereocenters. The normalized spacial score (nSPS) is 11.5. The highest BCUT2D eigenvalue weighted by molar-refractivity contribution is 5.94. The Morgan fingerprint density at radius 1 is 0.964 bits per heavy atom. The van der Waals surface area contributed by atoms with Crippen molar-refractivity contribution in [2.45, 2.75) is 19.6 Å². The Hall–Kier alpha value is -3.41. The lowest BCUT2D eigenvalue weighted by Gasteiger charge is -2.15. The molecule has 1 unspecified atom stereocenters. The second-order valence-electron chi connectivity index (χ2n) is 6.12. The zero-order valence-corrected chi connectivity index (χ0v) is 15.2. The molecule has 1 amide bonds. The summed E-state index contributed by atoms with van der Waals surface area (Å²) in [6.45, 7) is 1.99. The van der Waals surface area contributed by atoms with Crippen LogP contribution in [0.15, 0.2) is 72.8 Å². The minimum absolute atomic E-state index is 0.105. The summed E-state index contributed by atoms with van der Waals surface area (Å²) < 4.78 is 37.8. The minimum atomic E-state index is -0.874. The van der Waals surface area contributed by atoms with Gasteiger partial charge in [-0.05, 0) is 48.9 Å². The first-order valence-corrected chi connectivity index (χ1v) is 8.70. The molecule has 3 rings (SSSR count). The highest BCUT2D eigenvalue weighted by Gasteiger charge is 2.17. The molecule has 0 heterocycles. The van der Waals surface area contributed by atoms with Crippen LogP contribution >= 0.6 is 0 Å². The number of carbonyl (C=O) groups is 1. The molecule has 6 heteroatoms. The van der Waals surface area contributed by atoms with Gasteiger partial charge in [0.15, 0.2) is 6.10 Å². The molecule has 0 radical (unpaired) electrons. The monoisotopic (exact) mass is 383 g/mol. The van der Waals surface area contributed by atoms with Gasteiger partial charge >= 0.3 is 0 Å². The highest BCUT2D eigenvalue weighted by atomic mass is 19.1. The van der Waals surface area contributed by atoms with E-state index in [0.29, 0.717) is 24.2 Å². The van der Waals surface area contributed by atoms with Crippen molar-refractivity contribution in [1.82, 2.24) is 0 Å². The van der Waals surface area contributed by atoms with E-state index < -0.39 is 23.6 Å². The van der Waals surface area contributed by atoms with Gasteiger partial charge in [-0.1, -0.05) is 30.3 Å². The third kappa shape index (κ3) is 5.30. The van der Waals surface area contributed by atoms with Crippen molar-refractivity contribution in [3.63, 3.8) is 0 Å². The Labute approximate surface area is 161 Å². The van der Waals surface area contributed by atoms with Gasteiger partial charge in [-0.3, -0.25) is 4.79 Å². The Kier molecular flexibility index (Phi) is 6.22. The molecule has 0 aliphatic carbocycles. The van der Waals surface area contributed by atoms with Gasteiger partial charge in [0.25, 0.3) is 5.91 Å². The average Bonchev–Trinajstić information content (AvgIpc) is 2.70. The maximum Gasteiger partial charge on any atom is 0.265 e. The van der Waals surface area contributed by atoms with Gasteiger partial charge in [0.1, 0.15) is 29.7 Å². The first kappa shape index (κ1) is 19.4. The van der Waals surface area contributed by atoms with E-state index in [1.54, 1.807) is 24.3 Å². The lowest BCUT2D eigenvalue weighted by Crippen LogP contribution is -2.30. The van der Waals surface area contributed by atoms with E-state index in [9.17, 15) is 13.6 Å². The van der Waals surface area contributed by atoms with Crippen LogP contribution in [0.25, 0.3) is 0 Å². The maximum absolute atomic E-state index is 13.6. The molecule has 28 heavy (non-hydrogen) atoms. The molecule has 0 bridgehead atoms. The topological polar surface area (TPSA) is 47.6 Å². The van der Waals surface area contributed by atoms with Crippen molar-refractivity contribution in [2.75, 3.05) is 5.32 Å². The number of ether oxygens (including phenoxy) is 2. The molecule has 0 aromatic heterocycles. The van der Waals surface area contributed by atoms with Crippen LogP contribution in [-0.4, -0.2) is 12.0 Å². The molecule has 0 saturated heterocycles. The summed E-state index contributed by atoms with van der Waals surface area (Å²) in [4.78, 5) is 12.2. The number of hydrogen-bond donors (Lipinski definition) is 1. The minimum Gasteiger partial charge on any atom is -0.489 e. The van der Waals surface area contributed by atoms with Gasteiger partial charge in [-0.25, -0.2) is 8.78 Å². The lowest BCUT2D eigenvalue weighted by atomic mass is 10.2. The van der Waals surface area contributed by atoms with Crippen molar-refractivity contribution < 1.29 is 23.0 Å². The second-order valence-corrected chi connectivity index (χ2v) is 6.12. The zero-order chi connectivity index (χ0) is 19.9. The van der Waals surface area contributed by atoms with Crippen molar-refractivity contribution in [1.29, 1.82) is 0 Å². The standard InChI is InChI=1S/C22H19F2NO3/c1-15(22(26)25-21-12-7-17(23)13-20(21)24)28-19-10-8-18(9-11-19)27-14-16-5-3-2-4-6-16/h2-13,15H,14H2,1H3,(H,25,26). The van der Waals surface area contributed by atoms with Crippen LogP contribution in [0.1, 0.15) is 12.5 Å². The third-order valence-electron chi connectivity index (χ3n) is 3.94. The van der Waals surface area contributed by atoms with Gasteiger partial charge in [-0.2, -0.15) is 0 Å². The Bertz CT molecular complexity index is 930. The molecule has 0 aliphatic heterocycles. The number of anilines is 1. The Morgan fingerprint density at radius 2 is 1.64 bits per heavy atom. The zero-order valence-electron chi connectivity index (χ0n) is 15.2. The van der Waals surface area contributed by atoms with Crippen molar-refractivity contribution >= 4 is 11.6 Å². The SMILES string of the molecule is CC(Oc1ccc(OCc2ccccc2)cc1)C(=O)Nc1ccc(F)cc1F. The molecular formula is C22H19F2NO3. The third-order valence-corrected chi connectivity index (χ3v) is 3.94. The lowest BCUT2D eigenvalue weighted by molar-refractivity contribution is -0.122. The summed E-state index contributed by atoms with van der Waals surface area (Å²) in [7, 11) is 0. The van der Waals surface area contributed by atoms with Crippen LogP contribution in [-0.2, 0) is 11.4 Å². The van der Waals surface area contributed by atoms with Crippen molar-refractivity contribution in [3.05, 3.63) is 90.0 Å². The van der Waals surface area contributed by atoms with Gasteiger partial charge < -0.3 is 14.8 Å². The molecule has 144 valence electrons. The fourth-order valence-electron chi connectivity index (χ4n) is 2.44. The molecule has 0 aliphatic rings. The summed E-state index contributed by atoms with van der Waals surface area (Å²) in [5.74, 6) is -0.972. The van der Waals surface area contributed by atoms with E-state index in [4.69, 9.17) is 9.47 Å². The van der Waals surface area contributed by atoms with Crippen LogP contribution in [0.2, 0.25) is 0 Å². The second kappa shape index (κ2) is 8.99. The Balaban J connectivity index is 1.53. The van der Waals surface area contributed by atoms with Gasteiger partial charge in [0, 0.05) is 6.07 Å². The van der Waals surface area contributed by atoms with Crippen LogP contribution in [0.5, 0.6) is 11.5 Å². The molecule has 0 spiro atoms. The maximum atomic E-state index is 13.6. The molecule has 0 saturated carbocycles. The first-order chi connectivity index (χ1) is 13.5. The number of hydrogen-bond acceptors (Lipinski definition) is 3. The summed E-state index contributed by atoms with van der Waals surface area (Å²) >= 11 is 0. The number of benzene rings is 3. The molecule has 4 nitrogen and oxygen atoms in total. The summed E-state index contributed by atoms with van der Waals surface area (Å²) in [5.41, 5.74) is 0.952. The largest absolute Gasteiger partial charge is 0.489 e. The first-order valence-electron chi connectivity index (χ1n) is 8.70. The quantitative estimate of drug-likeness (QED) is 0.628. The molecule has 1 N–H and O–H groups in total. The molecule has 3 aromatic rings. The summed E-state index contributed by atoms with van der Waals surface area (Å²) in [5, 5.41) is 2.38. The average molecular weight is 383 g/mol. The van der Waals surface area contributed by atoms with E-state index in [2.05, 4.69) is 5.32 Å². The van der Waals surface area contributed by atoms with Crippen LogP contribution in [0.4, 0.5) is 14.5 Å².